The fraction of sp³-hybridized carbons (Fsp3) is 0.158. The number of ketones is 1. The summed E-state index contributed by atoms with van der Waals surface area (Å²) in [7, 11) is -1.12. The minimum absolute atomic E-state index is 0.0305. The molecule has 1 aliphatic heterocycles. The Kier molecular flexibility index (Phi) is 3.86. The second-order valence-electron chi connectivity index (χ2n) is 5.88. The van der Waals surface area contributed by atoms with Crippen molar-refractivity contribution in [2.24, 2.45) is 0 Å². The topological polar surface area (TPSA) is 62.8 Å². The number of H-pyrrole nitrogens is 1. The van der Waals surface area contributed by atoms with Gasteiger partial charge >= 0.3 is 0 Å². The number of rotatable bonds is 3. The number of aromatic amines is 1. The third-order valence-corrected chi connectivity index (χ3v) is 5.44. The molecule has 3 heterocycles. The van der Waals surface area contributed by atoms with Crippen LogP contribution >= 0.6 is 0 Å². The molecular weight excluding hydrogens is 320 g/mol. The van der Waals surface area contributed by atoms with Crippen molar-refractivity contribution in [1.29, 1.82) is 0 Å². The van der Waals surface area contributed by atoms with Crippen LogP contribution in [0.15, 0.2) is 54.9 Å². The summed E-state index contributed by atoms with van der Waals surface area (Å²) in [4.78, 5) is 19.9. The highest BCUT2D eigenvalue weighted by molar-refractivity contribution is 7.85. The third kappa shape index (κ3) is 2.71. The molecule has 1 aliphatic rings. The van der Waals surface area contributed by atoms with E-state index in [-0.39, 0.29) is 11.5 Å². The van der Waals surface area contributed by atoms with Gasteiger partial charge in [0.1, 0.15) is 0 Å². The molecule has 24 heavy (non-hydrogen) atoms. The molecule has 0 fully saturated rings. The van der Waals surface area contributed by atoms with Crippen LogP contribution in [0.5, 0.6) is 0 Å². The molecule has 4 rings (SSSR count). The zero-order chi connectivity index (χ0) is 16.5. The molecule has 0 aliphatic carbocycles. The Morgan fingerprint density at radius 1 is 1.04 bits per heavy atom. The van der Waals surface area contributed by atoms with E-state index in [9.17, 15) is 9.00 Å². The van der Waals surface area contributed by atoms with E-state index in [0.717, 1.165) is 33.6 Å². The molecule has 1 aromatic carbocycles. The monoisotopic (exact) mass is 336 g/mol. The quantitative estimate of drug-likeness (QED) is 0.799. The molecule has 4 nitrogen and oxygen atoms in total. The Bertz CT molecular complexity index is 917. The molecule has 5 heteroatoms. The number of hydrogen-bond acceptors (Lipinski definition) is 3. The molecule has 0 amide bonds. The number of hydrogen-bond donors (Lipinski definition) is 1. The number of nitrogens with one attached hydrogen (secondary N) is 1. The summed E-state index contributed by atoms with van der Waals surface area (Å²) >= 11 is 0. The van der Waals surface area contributed by atoms with Crippen LogP contribution in [0, 0.1) is 0 Å². The van der Waals surface area contributed by atoms with Crippen LogP contribution in [-0.2, 0) is 23.0 Å². The minimum atomic E-state index is -1.12. The van der Waals surface area contributed by atoms with Crippen molar-refractivity contribution in [3.8, 4) is 11.3 Å². The molecular formula is C19H16N2O2S. The van der Waals surface area contributed by atoms with E-state index >= 15 is 0 Å². The molecule has 0 spiro atoms. The first-order valence-electron chi connectivity index (χ1n) is 7.78. The number of carbonyl (C=O) groups excluding carboxylic acids is 1. The van der Waals surface area contributed by atoms with E-state index in [2.05, 4.69) is 22.1 Å². The molecule has 2 aromatic heterocycles. The van der Waals surface area contributed by atoms with Crippen molar-refractivity contribution in [2.75, 3.05) is 5.75 Å². The summed E-state index contributed by atoms with van der Waals surface area (Å²) in [5, 5.41) is 0. The van der Waals surface area contributed by atoms with Gasteiger partial charge in [0.2, 0.25) is 0 Å². The van der Waals surface area contributed by atoms with E-state index in [4.69, 9.17) is 0 Å². The molecule has 120 valence electrons. The number of fused-ring (bicyclic) bond motifs is 1. The Labute approximate surface area is 142 Å². The summed E-state index contributed by atoms with van der Waals surface area (Å²) in [5.41, 5.74) is 5.58. The highest BCUT2D eigenvalue weighted by atomic mass is 32.2. The fourth-order valence-corrected chi connectivity index (χ4v) is 4.29. The van der Waals surface area contributed by atoms with Gasteiger partial charge < -0.3 is 4.98 Å². The normalized spacial score (nSPS) is 16.8. The van der Waals surface area contributed by atoms with E-state index in [1.165, 1.54) is 0 Å². The second-order valence-corrected chi connectivity index (χ2v) is 7.34. The maximum atomic E-state index is 12.5. The smallest absolute Gasteiger partial charge is 0.177 e. The van der Waals surface area contributed by atoms with Crippen LogP contribution in [0.3, 0.4) is 0 Å². The molecule has 1 N–H and O–H groups in total. The highest BCUT2D eigenvalue weighted by Crippen LogP contribution is 2.33. The van der Waals surface area contributed by atoms with Gasteiger partial charge in [-0.25, -0.2) is 0 Å². The maximum Gasteiger partial charge on any atom is 0.177 e. The van der Waals surface area contributed by atoms with E-state index in [0.29, 0.717) is 12.2 Å². The average Bonchev–Trinajstić information content (AvgIpc) is 2.95. The van der Waals surface area contributed by atoms with Crippen LogP contribution in [0.2, 0.25) is 0 Å². The SMILES string of the molecule is O=C1CS(=O)Cc2[nH]c(-c3ccncc3)c(Cc3ccccc3)c21. The minimum Gasteiger partial charge on any atom is -0.357 e. The number of carbonyl (C=O) groups is 1. The van der Waals surface area contributed by atoms with Crippen LogP contribution in [0.25, 0.3) is 11.3 Å². The molecule has 0 bridgehead atoms. The van der Waals surface area contributed by atoms with E-state index in [1.807, 2.05) is 30.3 Å². The predicted molar refractivity (Wildman–Crippen MR) is 94.3 cm³/mol. The van der Waals surface area contributed by atoms with E-state index in [1.54, 1.807) is 12.4 Å². The van der Waals surface area contributed by atoms with Gasteiger partial charge in [-0.15, -0.1) is 0 Å². The first kappa shape index (κ1) is 15.0. The Hall–Kier alpha value is -2.53. The average molecular weight is 336 g/mol. The lowest BCUT2D eigenvalue weighted by atomic mass is 9.96. The van der Waals surface area contributed by atoms with Gasteiger partial charge in [0.05, 0.1) is 17.2 Å². The predicted octanol–water partition coefficient (Wildman–Crippen LogP) is 3.11. The molecule has 0 saturated heterocycles. The molecule has 3 aromatic rings. The van der Waals surface area contributed by atoms with Crippen molar-refractivity contribution >= 4 is 16.6 Å². The first-order chi connectivity index (χ1) is 11.7. The van der Waals surface area contributed by atoms with Crippen molar-refractivity contribution in [3.63, 3.8) is 0 Å². The van der Waals surface area contributed by atoms with Crippen LogP contribution in [0.4, 0.5) is 0 Å². The summed E-state index contributed by atoms with van der Waals surface area (Å²) in [6.07, 6.45) is 4.14. The lowest BCUT2D eigenvalue weighted by molar-refractivity contribution is 0.101. The van der Waals surface area contributed by atoms with Crippen LogP contribution in [0.1, 0.15) is 27.2 Å². The van der Waals surface area contributed by atoms with Gasteiger partial charge in [0, 0.05) is 46.4 Å². The number of benzene rings is 1. The second kappa shape index (κ2) is 6.17. The first-order valence-corrected chi connectivity index (χ1v) is 9.27. The van der Waals surface area contributed by atoms with Crippen molar-refractivity contribution in [2.45, 2.75) is 12.2 Å². The number of pyridine rings is 1. The number of aromatic nitrogens is 2. The highest BCUT2D eigenvalue weighted by Gasteiger charge is 2.29. The van der Waals surface area contributed by atoms with Crippen LogP contribution in [-0.4, -0.2) is 25.7 Å². The molecule has 1 atom stereocenters. The Morgan fingerprint density at radius 2 is 1.79 bits per heavy atom. The zero-order valence-electron chi connectivity index (χ0n) is 13.0. The summed E-state index contributed by atoms with van der Waals surface area (Å²) in [6, 6.07) is 13.9. The van der Waals surface area contributed by atoms with Crippen molar-refractivity contribution in [3.05, 3.63) is 77.2 Å². The van der Waals surface area contributed by atoms with E-state index < -0.39 is 10.8 Å². The van der Waals surface area contributed by atoms with Gasteiger partial charge in [0.25, 0.3) is 0 Å². The Morgan fingerprint density at radius 3 is 2.54 bits per heavy atom. The van der Waals surface area contributed by atoms with Gasteiger partial charge in [0.15, 0.2) is 5.78 Å². The Balaban J connectivity index is 1.89. The zero-order valence-corrected chi connectivity index (χ0v) is 13.8. The number of Topliss-reactive ketones (excluding diaryl/α,β-unsaturated/α-hetero) is 1. The summed E-state index contributed by atoms with van der Waals surface area (Å²) in [5.74, 6) is 0.494. The molecule has 0 saturated carbocycles. The number of nitrogens with zero attached hydrogens (tertiary/aromatic N) is 1. The van der Waals surface area contributed by atoms with Gasteiger partial charge in [-0.1, -0.05) is 30.3 Å². The molecule has 1 unspecified atom stereocenters. The van der Waals surface area contributed by atoms with Crippen molar-refractivity contribution < 1.29 is 9.00 Å². The van der Waals surface area contributed by atoms with Crippen LogP contribution < -0.4 is 0 Å². The van der Waals surface area contributed by atoms with Gasteiger partial charge in [-0.05, 0) is 23.3 Å². The lowest BCUT2D eigenvalue weighted by Crippen LogP contribution is -2.21. The summed E-state index contributed by atoms with van der Waals surface area (Å²) < 4.78 is 11.9. The largest absolute Gasteiger partial charge is 0.357 e. The van der Waals surface area contributed by atoms with Crippen molar-refractivity contribution in [1.82, 2.24) is 9.97 Å². The third-order valence-electron chi connectivity index (χ3n) is 4.25. The fourth-order valence-electron chi connectivity index (χ4n) is 3.21. The van der Waals surface area contributed by atoms with Gasteiger partial charge in [-0.2, -0.15) is 0 Å². The maximum absolute atomic E-state index is 12.5. The van der Waals surface area contributed by atoms with Gasteiger partial charge in [-0.3, -0.25) is 14.0 Å². The lowest BCUT2D eigenvalue weighted by Gasteiger charge is -2.12. The molecule has 0 radical (unpaired) electrons. The summed E-state index contributed by atoms with van der Waals surface area (Å²) in [6.45, 7) is 0. The standard InChI is InChI=1S/C19H16N2O2S/c22-17-12-24(23)11-16-18(17)15(10-13-4-2-1-3-5-13)19(21-16)14-6-8-20-9-7-14/h1-9,21H,10-12H2.